The van der Waals surface area contributed by atoms with Crippen molar-refractivity contribution < 1.29 is 23.8 Å². The largest absolute Gasteiger partial charge is 0.497 e. The fraction of sp³-hybridized carbons (Fsp3) is 0.263. The number of ether oxygens (including phenoxy) is 3. The summed E-state index contributed by atoms with van der Waals surface area (Å²) in [5.74, 6) is 0.535. The van der Waals surface area contributed by atoms with Crippen LogP contribution in [0.4, 0.5) is 5.69 Å². The van der Waals surface area contributed by atoms with Gasteiger partial charge in [-0.2, -0.15) is 0 Å². The predicted molar refractivity (Wildman–Crippen MR) is 98.8 cm³/mol. The van der Waals surface area contributed by atoms with E-state index in [2.05, 4.69) is 5.32 Å². The Balaban J connectivity index is 1.61. The molecule has 0 radical (unpaired) electrons. The lowest BCUT2D eigenvalue weighted by molar-refractivity contribution is -0.147. The molecule has 0 fully saturated rings. The molecule has 0 unspecified atom stereocenters. The molecule has 0 saturated carbocycles. The van der Waals surface area contributed by atoms with Crippen LogP contribution in [0, 0.1) is 0 Å². The van der Waals surface area contributed by atoms with E-state index in [1.54, 1.807) is 55.6 Å². The summed E-state index contributed by atoms with van der Waals surface area (Å²) in [5.41, 5.74) is 0.475. The molecular weight excluding hydrogens is 358 g/mol. The van der Waals surface area contributed by atoms with Gasteiger partial charge in [-0.3, -0.25) is 9.59 Å². The van der Waals surface area contributed by atoms with Gasteiger partial charge < -0.3 is 19.5 Å². The number of benzene rings is 2. The van der Waals surface area contributed by atoms with Crippen LogP contribution < -0.4 is 14.8 Å². The first-order valence-corrected chi connectivity index (χ1v) is 8.43. The van der Waals surface area contributed by atoms with E-state index in [0.717, 1.165) is 5.75 Å². The number of carbonyl (C=O) groups is 2. The molecule has 6 nitrogen and oxygen atoms in total. The maximum Gasteiger partial charge on any atom is 0.306 e. The number of esters is 1. The highest BCUT2D eigenvalue weighted by atomic mass is 35.5. The number of carbonyl (C=O) groups excluding carboxylic acids is 2. The minimum atomic E-state index is -0.461. The van der Waals surface area contributed by atoms with Crippen LogP contribution in [0.5, 0.6) is 11.5 Å². The molecule has 0 bridgehead atoms. The summed E-state index contributed by atoms with van der Waals surface area (Å²) >= 11 is 5.94. The topological polar surface area (TPSA) is 73.9 Å². The molecule has 0 atom stereocenters. The van der Waals surface area contributed by atoms with E-state index in [-0.39, 0.29) is 13.0 Å². The first-order chi connectivity index (χ1) is 12.6. The van der Waals surface area contributed by atoms with E-state index in [0.29, 0.717) is 29.5 Å². The molecule has 1 N–H and O–H groups in total. The van der Waals surface area contributed by atoms with Gasteiger partial charge in [0.25, 0.3) is 5.91 Å². The third-order valence-corrected chi connectivity index (χ3v) is 3.70. The minimum absolute atomic E-state index is 0.162. The summed E-state index contributed by atoms with van der Waals surface area (Å²) < 4.78 is 15.5. The van der Waals surface area contributed by atoms with Crippen molar-refractivity contribution in [2.45, 2.75) is 12.8 Å². The smallest absolute Gasteiger partial charge is 0.306 e. The van der Waals surface area contributed by atoms with Crippen molar-refractivity contribution >= 4 is 29.2 Å². The quantitative estimate of drug-likeness (QED) is 0.533. The standard InChI is InChI=1S/C19H20ClNO5/c1-24-14-8-10-15(11-9-14)25-12-4-7-19(23)26-13-18(22)21-17-6-3-2-5-16(17)20/h2-3,5-6,8-11H,4,7,12-13H2,1H3,(H,21,22). The summed E-state index contributed by atoms with van der Waals surface area (Å²) in [6, 6.07) is 14.0. The van der Waals surface area contributed by atoms with Crippen molar-refractivity contribution in [2.75, 3.05) is 25.6 Å². The average molecular weight is 378 g/mol. The maximum absolute atomic E-state index is 11.8. The van der Waals surface area contributed by atoms with E-state index in [4.69, 9.17) is 25.8 Å². The summed E-state index contributed by atoms with van der Waals surface area (Å²) in [5, 5.41) is 3.00. The van der Waals surface area contributed by atoms with Gasteiger partial charge in [0.1, 0.15) is 11.5 Å². The van der Waals surface area contributed by atoms with E-state index in [1.807, 2.05) is 0 Å². The van der Waals surface area contributed by atoms with Gasteiger partial charge >= 0.3 is 5.97 Å². The summed E-state index contributed by atoms with van der Waals surface area (Å²) in [6.45, 7) is 0.0106. The van der Waals surface area contributed by atoms with Crippen LogP contribution in [-0.4, -0.2) is 32.2 Å². The third-order valence-electron chi connectivity index (χ3n) is 3.37. The molecule has 0 aromatic heterocycles. The van der Waals surface area contributed by atoms with Gasteiger partial charge in [-0.1, -0.05) is 23.7 Å². The Morgan fingerprint density at radius 2 is 1.73 bits per heavy atom. The average Bonchev–Trinajstić information content (AvgIpc) is 2.66. The Morgan fingerprint density at radius 3 is 2.42 bits per heavy atom. The fourth-order valence-corrected chi connectivity index (χ4v) is 2.23. The molecular formula is C19H20ClNO5. The van der Waals surface area contributed by atoms with Crippen LogP contribution in [0.25, 0.3) is 0 Å². The molecule has 2 rings (SSSR count). The molecule has 1 amide bonds. The maximum atomic E-state index is 11.8. The van der Waals surface area contributed by atoms with Gasteiger partial charge in [0.15, 0.2) is 6.61 Å². The van der Waals surface area contributed by atoms with Crippen LogP contribution in [0.3, 0.4) is 0 Å². The zero-order valence-electron chi connectivity index (χ0n) is 14.4. The Labute approximate surface area is 157 Å². The lowest BCUT2D eigenvalue weighted by Crippen LogP contribution is -2.21. The number of amides is 1. The van der Waals surface area contributed by atoms with Crippen LogP contribution in [0.15, 0.2) is 48.5 Å². The van der Waals surface area contributed by atoms with Crippen molar-refractivity contribution in [3.8, 4) is 11.5 Å². The number of para-hydroxylation sites is 1. The number of anilines is 1. The zero-order valence-corrected chi connectivity index (χ0v) is 15.1. The second-order valence-electron chi connectivity index (χ2n) is 5.32. The molecule has 0 saturated heterocycles. The Bertz CT molecular complexity index is 733. The molecule has 0 aliphatic rings. The summed E-state index contributed by atoms with van der Waals surface area (Å²) in [7, 11) is 1.59. The van der Waals surface area contributed by atoms with E-state index in [1.165, 1.54) is 0 Å². The number of hydrogen-bond donors (Lipinski definition) is 1. The predicted octanol–water partition coefficient (Wildman–Crippen LogP) is 3.69. The van der Waals surface area contributed by atoms with Crippen molar-refractivity contribution in [2.24, 2.45) is 0 Å². The van der Waals surface area contributed by atoms with Crippen molar-refractivity contribution in [1.29, 1.82) is 0 Å². The van der Waals surface area contributed by atoms with Crippen LogP contribution in [0.1, 0.15) is 12.8 Å². The number of rotatable bonds is 9. The highest BCUT2D eigenvalue weighted by Crippen LogP contribution is 2.20. The van der Waals surface area contributed by atoms with Crippen LogP contribution in [-0.2, 0) is 14.3 Å². The van der Waals surface area contributed by atoms with Gasteiger partial charge in [0, 0.05) is 6.42 Å². The molecule has 7 heteroatoms. The number of methoxy groups -OCH3 is 1. The molecule has 0 heterocycles. The van der Waals surface area contributed by atoms with Crippen LogP contribution >= 0.6 is 11.6 Å². The van der Waals surface area contributed by atoms with E-state index in [9.17, 15) is 9.59 Å². The van der Waals surface area contributed by atoms with Crippen LogP contribution in [0.2, 0.25) is 5.02 Å². The summed E-state index contributed by atoms with van der Waals surface area (Å²) in [6.07, 6.45) is 0.645. The van der Waals surface area contributed by atoms with Gasteiger partial charge in [-0.15, -0.1) is 0 Å². The van der Waals surface area contributed by atoms with Gasteiger partial charge in [-0.05, 0) is 42.8 Å². The van der Waals surface area contributed by atoms with E-state index >= 15 is 0 Å². The molecule has 2 aromatic carbocycles. The normalized spacial score (nSPS) is 10.1. The third kappa shape index (κ3) is 6.64. The fourth-order valence-electron chi connectivity index (χ4n) is 2.05. The number of hydrogen-bond acceptors (Lipinski definition) is 5. The highest BCUT2D eigenvalue weighted by molar-refractivity contribution is 6.33. The minimum Gasteiger partial charge on any atom is -0.497 e. The monoisotopic (exact) mass is 377 g/mol. The lowest BCUT2D eigenvalue weighted by Gasteiger charge is -2.08. The lowest BCUT2D eigenvalue weighted by atomic mass is 10.3. The molecule has 0 spiro atoms. The Kier molecular flexibility index (Phi) is 7.76. The van der Waals surface area contributed by atoms with Crippen molar-refractivity contribution in [3.63, 3.8) is 0 Å². The first kappa shape index (κ1) is 19.6. The Hall–Kier alpha value is -2.73. The number of nitrogens with one attached hydrogen (secondary N) is 1. The van der Waals surface area contributed by atoms with E-state index < -0.39 is 11.9 Å². The van der Waals surface area contributed by atoms with Crippen molar-refractivity contribution in [3.05, 3.63) is 53.6 Å². The summed E-state index contributed by atoms with van der Waals surface area (Å²) in [4.78, 5) is 23.4. The van der Waals surface area contributed by atoms with Crippen molar-refractivity contribution in [1.82, 2.24) is 0 Å². The first-order valence-electron chi connectivity index (χ1n) is 8.05. The molecule has 0 aliphatic carbocycles. The molecule has 138 valence electrons. The number of halogens is 1. The zero-order chi connectivity index (χ0) is 18.8. The second kappa shape index (κ2) is 10.3. The highest BCUT2D eigenvalue weighted by Gasteiger charge is 2.09. The molecule has 2 aromatic rings. The second-order valence-corrected chi connectivity index (χ2v) is 5.72. The van der Waals surface area contributed by atoms with Gasteiger partial charge in [0.2, 0.25) is 0 Å². The van der Waals surface area contributed by atoms with Gasteiger partial charge in [-0.25, -0.2) is 0 Å². The molecule has 26 heavy (non-hydrogen) atoms. The van der Waals surface area contributed by atoms with Gasteiger partial charge in [0.05, 0.1) is 24.4 Å². The molecule has 0 aliphatic heterocycles. The Morgan fingerprint density at radius 1 is 1.04 bits per heavy atom. The SMILES string of the molecule is COc1ccc(OCCCC(=O)OCC(=O)Nc2ccccc2Cl)cc1.